The summed E-state index contributed by atoms with van der Waals surface area (Å²) in [5, 5.41) is 5.37. The Hall–Kier alpha value is -2.56. The average molecular weight is 288 g/mol. The van der Waals surface area contributed by atoms with Gasteiger partial charge in [-0.2, -0.15) is 0 Å². The fraction of sp³-hybridized carbons (Fsp3) is 0.250. The fourth-order valence-corrected chi connectivity index (χ4v) is 1.43. The summed E-state index contributed by atoms with van der Waals surface area (Å²) in [6.45, 7) is 4.32. The smallest absolute Gasteiger partial charge is 0.286 e. The van der Waals surface area contributed by atoms with Crippen molar-refractivity contribution in [3.05, 3.63) is 54.5 Å². The predicted octanol–water partition coefficient (Wildman–Crippen LogP) is 3.06. The average Bonchev–Trinajstić information content (AvgIpc) is 3.03. The van der Waals surface area contributed by atoms with E-state index in [0.29, 0.717) is 18.7 Å². The molecule has 112 valence electrons. The highest BCUT2D eigenvalue weighted by Gasteiger charge is 2.04. The first kappa shape index (κ1) is 16.5. The third kappa shape index (κ3) is 6.42. The van der Waals surface area contributed by atoms with Crippen LogP contribution in [0.1, 0.15) is 30.8 Å². The molecule has 5 heteroatoms. The van der Waals surface area contributed by atoms with Crippen molar-refractivity contribution in [1.29, 1.82) is 0 Å². The second-order valence-corrected chi connectivity index (χ2v) is 4.10. The summed E-state index contributed by atoms with van der Waals surface area (Å²) in [5.41, 5.74) is 0.861. The van der Waals surface area contributed by atoms with Gasteiger partial charge in [0.05, 0.1) is 6.26 Å². The van der Waals surface area contributed by atoms with Gasteiger partial charge in [-0.05, 0) is 31.2 Å². The lowest BCUT2D eigenvalue weighted by Gasteiger charge is -2.00. The molecule has 0 aliphatic carbocycles. The zero-order valence-electron chi connectivity index (χ0n) is 12.3. The molecule has 0 aliphatic heterocycles. The molecule has 0 bridgehead atoms. The van der Waals surface area contributed by atoms with E-state index >= 15 is 0 Å². The first-order valence-corrected chi connectivity index (χ1v) is 6.84. The highest BCUT2D eigenvalue weighted by atomic mass is 16.3. The molecule has 0 saturated heterocycles. The number of anilines is 1. The van der Waals surface area contributed by atoms with E-state index in [4.69, 9.17) is 4.42 Å². The highest BCUT2D eigenvalue weighted by molar-refractivity contribution is 5.91. The molecule has 0 aliphatic rings. The van der Waals surface area contributed by atoms with Crippen LogP contribution in [0.5, 0.6) is 0 Å². The Morgan fingerprint density at radius 1 is 1.05 bits per heavy atom. The van der Waals surface area contributed by atoms with Gasteiger partial charge in [-0.3, -0.25) is 9.59 Å². The maximum atomic E-state index is 10.9. The molecule has 2 N–H and O–H groups in total. The van der Waals surface area contributed by atoms with Gasteiger partial charge in [0, 0.05) is 18.7 Å². The molecule has 1 heterocycles. The van der Waals surface area contributed by atoms with Crippen LogP contribution in [0, 0.1) is 0 Å². The van der Waals surface area contributed by atoms with Crippen molar-refractivity contribution in [2.45, 2.75) is 20.3 Å². The summed E-state index contributed by atoms with van der Waals surface area (Å²) in [6, 6.07) is 12.8. The van der Waals surface area contributed by atoms with Gasteiger partial charge < -0.3 is 15.1 Å². The van der Waals surface area contributed by atoms with Crippen molar-refractivity contribution in [1.82, 2.24) is 5.32 Å². The lowest BCUT2D eigenvalue weighted by molar-refractivity contribution is -0.115. The van der Waals surface area contributed by atoms with E-state index in [2.05, 4.69) is 10.6 Å². The highest BCUT2D eigenvalue weighted by Crippen LogP contribution is 2.04. The zero-order valence-corrected chi connectivity index (χ0v) is 12.3. The molecular formula is C16H20N2O3. The molecule has 21 heavy (non-hydrogen) atoms. The molecule has 1 aromatic carbocycles. The molecule has 2 amide bonds. The van der Waals surface area contributed by atoms with Gasteiger partial charge in [0.2, 0.25) is 5.91 Å². The lowest BCUT2D eigenvalue weighted by atomic mass is 10.3. The number of hydrogen-bond acceptors (Lipinski definition) is 3. The van der Waals surface area contributed by atoms with E-state index in [1.54, 1.807) is 12.1 Å². The van der Waals surface area contributed by atoms with E-state index in [1.807, 2.05) is 44.2 Å². The maximum Gasteiger partial charge on any atom is 0.286 e. The van der Waals surface area contributed by atoms with Crippen molar-refractivity contribution in [3.8, 4) is 0 Å². The van der Waals surface area contributed by atoms with E-state index in [0.717, 1.165) is 5.69 Å². The van der Waals surface area contributed by atoms with Gasteiger partial charge in [-0.25, -0.2) is 0 Å². The summed E-state index contributed by atoms with van der Waals surface area (Å²) in [4.78, 5) is 21.8. The van der Waals surface area contributed by atoms with E-state index in [-0.39, 0.29) is 11.8 Å². The van der Waals surface area contributed by atoms with Crippen LogP contribution in [0.3, 0.4) is 0 Å². The third-order valence-corrected chi connectivity index (χ3v) is 2.46. The van der Waals surface area contributed by atoms with Crippen molar-refractivity contribution in [2.75, 3.05) is 11.9 Å². The number of furan rings is 1. The molecule has 0 spiro atoms. The number of amides is 2. The quantitative estimate of drug-likeness (QED) is 0.908. The van der Waals surface area contributed by atoms with Crippen LogP contribution >= 0.6 is 0 Å². The normalized spacial score (nSPS) is 9.24. The van der Waals surface area contributed by atoms with Gasteiger partial charge in [-0.1, -0.05) is 25.1 Å². The van der Waals surface area contributed by atoms with Crippen LogP contribution in [0.15, 0.2) is 53.1 Å². The second kappa shape index (κ2) is 9.36. The summed E-state index contributed by atoms with van der Waals surface area (Å²) in [7, 11) is 0. The molecule has 0 unspecified atom stereocenters. The Morgan fingerprint density at radius 2 is 1.76 bits per heavy atom. The first-order chi connectivity index (χ1) is 10.2. The van der Waals surface area contributed by atoms with Crippen molar-refractivity contribution in [2.24, 2.45) is 0 Å². The minimum absolute atomic E-state index is 0.0520. The Balaban J connectivity index is 0.000000211. The molecule has 2 rings (SSSR count). The Bertz CT molecular complexity index is 536. The minimum Gasteiger partial charge on any atom is -0.459 e. The number of rotatable bonds is 4. The van der Waals surface area contributed by atoms with Gasteiger partial charge in [0.25, 0.3) is 5.91 Å². The van der Waals surface area contributed by atoms with Crippen LogP contribution in [0.2, 0.25) is 0 Å². The zero-order chi connectivity index (χ0) is 15.5. The van der Waals surface area contributed by atoms with Gasteiger partial charge >= 0.3 is 0 Å². The van der Waals surface area contributed by atoms with Gasteiger partial charge in [0.15, 0.2) is 5.76 Å². The molecule has 5 nitrogen and oxygen atoms in total. The SMILES string of the molecule is CCC(=O)Nc1ccccc1.CCNC(=O)c1ccco1. The van der Waals surface area contributed by atoms with Crippen LogP contribution in [-0.2, 0) is 4.79 Å². The second-order valence-electron chi connectivity index (χ2n) is 4.10. The maximum absolute atomic E-state index is 10.9. The summed E-state index contributed by atoms with van der Waals surface area (Å²) >= 11 is 0. The van der Waals surface area contributed by atoms with Gasteiger partial charge in [-0.15, -0.1) is 0 Å². The molecule has 0 radical (unpaired) electrons. The number of para-hydroxylation sites is 1. The first-order valence-electron chi connectivity index (χ1n) is 6.84. The number of nitrogens with one attached hydrogen (secondary N) is 2. The Kier molecular flexibility index (Phi) is 7.35. The van der Waals surface area contributed by atoms with Crippen LogP contribution < -0.4 is 10.6 Å². The Morgan fingerprint density at radius 3 is 2.29 bits per heavy atom. The topological polar surface area (TPSA) is 71.3 Å². The predicted molar refractivity (Wildman–Crippen MR) is 82.1 cm³/mol. The number of carbonyl (C=O) groups excluding carboxylic acids is 2. The van der Waals surface area contributed by atoms with Crippen LogP contribution in [0.4, 0.5) is 5.69 Å². The van der Waals surface area contributed by atoms with Gasteiger partial charge in [0.1, 0.15) is 0 Å². The molecule has 0 saturated carbocycles. The largest absolute Gasteiger partial charge is 0.459 e. The monoisotopic (exact) mass is 288 g/mol. The fourth-order valence-electron chi connectivity index (χ4n) is 1.43. The van der Waals surface area contributed by atoms with Crippen molar-refractivity contribution < 1.29 is 14.0 Å². The molecule has 0 fully saturated rings. The van der Waals surface area contributed by atoms with Crippen molar-refractivity contribution >= 4 is 17.5 Å². The standard InChI is InChI=1S/C9H11NO.C7H9NO2/c1-2-9(11)10-8-6-4-3-5-7-8;1-2-8-7(9)6-4-3-5-10-6/h3-7H,2H2,1H3,(H,10,11);3-5H,2H2,1H3,(H,8,9). The number of carbonyl (C=O) groups is 2. The molecule has 2 aromatic rings. The number of benzene rings is 1. The Labute approximate surface area is 124 Å². The van der Waals surface area contributed by atoms with Crippen LogP contribution in [-0.4, -0.2) is 18.4 Å². The van der Waals surface area contributed by atoms with E-state index in [9.17, 15) is 9.59 Å². The summed E-state index contributed by atoms with van der Waals surface area (Å²) in [5.74, 6) is 0.255. The summed E-state index contributed by atoms with van der Waals surface area (Å²) < 4.78 is 4.84. The van der Waals surface area contributed by atoms with E-state index < -0.39 is 0 Å². The lowest BCUT2D eigenvalue weighted by Crippen LogP contribution is -2.21. The number of hydrogen-bond donors (Lipinski definition) is 2. The molecular weight excluding hydrogens is 268 g/mol. The molecule has 0 atom stereocenters. The van der Waals surface area contributed by atoms with Crippen molar-refractivity contribution in [3.63, 3.8) is 0 Å². The van der Waals surface area contributed by atoms with Crippen LogP contribution in [0.25, 0.3) is 0 Å². The minimum atomic E-state index is -0.160. The third-order valence-electron chi connectivity index (χ3n) is 2.46. The summed E-state index contributed by atoms with van der Waals surface area (Å²) in [6.07, 6.45) is 2.00. The van der Waals surface area contributed by atoms with E-state index in [1.165, 1.54) is 6.26 Å². The molecule has 1 aromatic heterocycles.